The summed E-state index contributed by atoms with van der Waals surface area (Å²) in [6, 6.07) is 0.539. The molecule has 5 heteroatoms. The highest BCUT2D eigenvalue weighted by Gasteiger charge is 2.35. The molecule has 1 aliphatic carbocycles. The molecule has 0 saturated carbocycles. The summed E-state index contributed by atoms with van der Waals surface area (Å²) in [5, 5.41) is 1.13. The van der Waals surface area contributed by atoms with Crippen LogP contribution in [0, 0.1) is 5.41 Å². The van der Waals surface area contributed by atoms with Gasteiger partial charge in [-0.15, -0.1) is 0 Å². The minimum Gasteiger partial charge on any atom is -0.375 e. The summed E-state index contributed by atoms with van der Waals surface area (Å²) >= 11 is 1.79. The largest absolute Gasteiger partial charge is 0.375 e. The van der Waals surface area contributed by atoms with Gasteiger partial charge in [-0.3, -0.25) is 0 Å². The molecule has 0 amide bonds. The van der Waals surface area contributed by atoms with Gasteiger partial charge in [0.15, 0.2) is 5.13 Å². The molecule has 3 unspecified atom stereocenters. The second kappa shape index (κ2) is 4.97. The monoisotopic (exact) mass is 295 g/mol. The van der Waals surface area contributed by atoms with E-state index >= 15 is 0 Å². The predicted octanol–water partition coefficient (Wildman–Crippen LogP) is 2.73. The van der Waals surface area contributed by atoms with Crippen molar-refractivity contribution in [3.8, 4) is 0 Å². The Hall–Kier alpha value is -0.650. The van der Waals surface area contributed by atoms with E-state index in [1.807, 2.05) is 0 Å². The molecule has 1 saturated heterocycles. The van der Waals surface area contributed by atoms with Crippen LogP contribution in [0.2, 0.25) is 0 Å². The molecule has 3 atom stereocenters. The van der Waals surface area contributed by atoms with Crippen molar-refractivity contribution in [3.05, 3.63) is 10.6 Å². The van der Waals surface area contributed by atoms with Crippen molar-refractivity contribution >= 4 is 16.5 Å². The van der Waals surface area contributed by atoms with E-state index in [1.165, 1.54) is 10.6 Å². The zero-order valence-electron chi connectivity index (χ0n) is 12.8. The summed E-state index contributed by atoms with van der Waals surface area (Å²) in [7, 11) is 0. The van der Waals surface area contributed by atoms with Gasteiger partial charge in [-0.25, -0.2) is 4.98 Å². The van der Waals surface area contributed by atoms with Gasteiger partial charge in [-0.1, -0.05) is 25.2 Å². The van der Waals surface area contributed by atoms with Gasteiger partial charge in [0.05, 0.1) is 24.4 Å². The van der Waals surface area contributed by atoms with Crippen molar-refractivity contribution in [2.45, 2.75) is 58.7 Å². The number of thiazole rings is 1. The lowest BCUT2D eigenvalue weighted by Gasteiger charge is -2.36. The maximum absolute atomic E-state index is 6.35. The first-order chi connectivity index (χ1) is 9.35. The number of rotatable bonds is 1. The number of hydrogen-bond donors (Lipinski definition) is 1. The SMILES string of the molecule is CC1CN(c2nc3c(s2)C(N)CC(C)(C)C3)C(C)CO1. The normalized spacial score (nSPS) is 33.0. The van der Waals surface area contributed by atoms with Crippen LogP contribution in [0.15, 0.2) is 0 Å². The van der Waals surface area contributed by atoms with Gasteiger partial charge < -0.3 is 15.4 Å². The molecule has 1 fully saturated rings. The van der Waals surface area contributed by atoms with E-state index < -0.39 is 0 Å². The van der Waals surface area contributed by atoms with E-state index in [0.717, 1.165) is 31.1 Å². The Morgan fingerprint density at radius 2 is 2.15 bits per heavy atom. The number of fused-ring (bicyclic) bond motifs is 1. The summed E-state index contributed by atoms with van der Waals surface area (Å²) in [6.07, 6.45) is 2.37. The molecule has 112 valence electrons. The van der Waals surface area contributed by atoms with Crippen molar-refractivity contribution in [2.75, 3.05) is 18.1 Å². The van der Waals surface area contributed by atoms with Crippen LogP contribution in [-0.2, 0) is 11.2 Å². The fourth-order valence-electron chi connectivity index (χ4n) is 3.27. The van der Waals surface area contributed by atoms with Gasteiger partial charge in [0.25, 0.3) is 0 Å². The fraction of sp³-hybridized carbons (Fsp3) is 0.800. The van der Waals surface area contributed by atoms with E-state index in [9.17, 15) is 0 Å². The van der Waals surface area contributed by atoms with Gasteiger partial charge >= 0.3 is 0 Å². The van der Waals surface area contributed by atoms with Gasteiger partial charge in [0.2, 0.25) is 0 Å². The summed E-state index contributed by atoms with van der Waals surface area (Å²) in [5.74, 6) is 0. The average molecular weight is 295 g/mol. The lowest BCUT2D eigenvalue weighted by atomic mass is 9.77. The van der Waals surface area contributed by atoms with Crippen molar-refractivity contribution < 1.29 is 4.74 Å². The molecule has 0 bridgehead atoms. The Morgan fingerprint density at radius 3 is 2.90 bits per heavy atom. The molecule has 0 spiro atoms. The zero-order valence-corrected chi connectivity index (χ0v) is 13.7. The fourth-order valence-corrected chi connectivity index (χ4v) is 4.47. The number of hydrogen-bond acceptors (Lipinski definition) is 5. The highest BCUT2D eigenvalue weighted by Crippen LogP contribution is 2.44. The molecule has 2 N–H and O–H groups in total. The summed E-state index contributed by atoms with van der Waals surface area (Å²) in [6.45, 7) is 10.6. The predicted molar refractivity (Wildman–Crippen MR) is 83.4 cm³/mol. The maximum atomic E-state index is 6.35. The summed E-state index contributed by atoms with van der Waals surface area (Å²) in [4.78, 5) is 8.60. The van der Waals surface area contributed by atoms with E-state index in [2.05, 4.69) is 32.6 Å². The Balaban J connectivity index is 1.89. The van der Waals surface area contributed by atoms with Gasteiger partial charge in [0, 0.05) is 17.5 Å². The molecular formula is C15H25N3OS. The molecule has 1 aromatic heterocycles. The highest BCUT2D eigenvalue weighted by atomic mass is 32.1. The van der Waals surface area contributed by atoms with E-state index in [0.29, 0.717) is 6.04 Å². The summed E-state index contributed by atoms with van der Waals surface area (Å²) in [5.41, 5.74) is 7.84. The highest BCUT2D eigenvalue weighted by molar-refractivity contribution is 7.15. The third-order valence-electron chi connectivity index (χ3n) is 4.33. The minimum absolute atomic E-state index is 0.147. The Kier molecular flexibility index (Phi) is 3.55. The third kappa shape index (κ3) is 2.59. The second-order valence-corrected chi connectivity index (χ2v) is 8.11. The van der Waals surface area contributed by atoms with Crippen molar-refractivity contribution in [3.63, 3.8) is 0 Å². The number of aromatic nitrogens is 1. The minimum atomic E-state index is 0.147. The molecule has 3 rings (SSSR count). The molecule has 2 aliphatic rings. The van der Waals surface area contributed by atoms with Crippen LogP contribution in [0.3, 0.4) is 0 Å². The molecule has 1 aliphatic heterocycles. The van der Waals surface area contributed by atoms with E-state index in [-0.39, 0.29) is 17.6 Å². The number of nitrogens with two attached hydrogens (primary N) is 1. The number of ether oxygens (including phenoxy) is 1. The van der Waals surface area contributed by atoms with Crippen molar-refractivity contribution in [1.29, 1.82) is 0 Å². The molecular weight excluding hydrogens is 270 g/mol. The van der Waals surface area contributed by atoms with Gasteiger partial charge in [0.1, 0.15) is 0 Å². The summed E-state index contributed by atoms with van der Waals surface area (Å²) < 4.78 is 5.71. The lowest BCUT2D eigenvalue weighted by Crippen LogP contribution is -2.47. The number of nitrogens with zero attached hydrogens (tertiary/aromatic N) is 2. The number of morpholine rings is 1. The van der Waals surface area contributed by atoms with Crippen LogP contribution in [0.5, 0.6) is 0 Å². The molecule has 4 nitrogen and oxygen atoms in total. The van der Waals surface area contributed by atoms with Crippen LogP contribution in [0.1, 0.15) is 50.7 Å². The Morgan fingerprint density at radius 1 is 1.40 bits per heavy atom. The van der Waals surface area contributed by atoms with Gasteiger partial charge in [-0.2, -0.15) is 0 Å². The standard InChI is InChI=1S/C15H25N3OS/c1-9-8-19-10(2)7-18(9)14-17-12-6-15(3,4)5-11(16)13(12)20-14/h9-11H,5-8,16H2,1-4H3. The van der Waals surface area contributed by atoms with Crippen LogP contribution in [0.4, 0.5) is 5.13 Å². The molecule has 1 aromatic rings. The second-order valence-electron chi connectivity index (χ2n) is 7.10. The van der Waals surface area contributed by atoms with E-state index in [1.54, 1.807) is 11.3 Å². The van der Waals surface area contributed by atoms with Crippen molar-refractivity contribution in [2.24, 2.45) is 11.1 Å². The molecule has 2 heterocycles. The number of anilines is 1. The average Bonchev–Trinajstić information content (AvgIpc) is 2.74. The van der Waals surface area contributed by atoms with Gasteiger partial charge in [-0.05, 0) is 32.1 Å². The lowest BCUT2D eigenvalue weighted by molar-refractivity contribution is 0.0343. The van der Waals surface area contributed by atoms with Crippen molar-refractivity contribution in [1.82, 2.24) is 4.98 Å². The molecule has 0 radical (unpaired) electrons. The Bertz CT molecular complexity index is 499. The Labute approximate surface area is 125 Å². The molecule has 20 heavy (non-hydrogen) atoms. The third-order valence-corrected chi connectivity index (χ3v) is 5.59. The van der Waals surface area contributed by atoms with Crippen LogP contribution in [0.25, 0.3) is 0 Å². The van der Waals surface area contributed by atoms with Crippen LogP contribution < -0.4 is 10.6 Å². The molecule has 0 aromatic carbocycles. The zero-order chi connectivity index (χ0) is 14.5. The smallest absolute Gasteiger partial charge is 0.186 e. The van der Waals surface area contributed by atoms with Crippen LogP contribution in [-0.4, -0.2) is 30.3 Å². The van der Waals surface area contributed by atoms with Crippen LogP contribution >= 0.6 is 11.3 Å². The van der Waals surface area contributed by atoms with E-state index in [4.69, 9.17) is 15.5 Å². The first kappa shape index (κ1) is 14.3. The quantitative estimate of drug-likeness (QED) is 0.865. The first-order valence-electron chi connectivity index (χ1n) is 7.49. The topological polar surface area (TPSA) is 51.4 Å². The first-order valence-corrected chi connectivity index (χ1v) is 8.31. The maximum Gasteiger partial charge on any atom is 0.186 e.